The van der Waals surface area contributed by atoms with Gasteiger partial charge < -0.3 is 14.7 Å². The highest BCUT2D eigenvalue weighted by atomic mass is 16.6. The van der Waals surface area contributed by atoms with Crippen molar-refractivity contribution in [2.45, 2.75) is 25.2 Å². The number of nitrogens with zero attached hydrogens (tertiary/aromatic N) is 1. The number of ether oxygens (including phenoxy) is 1. The summed E-state index contributed by atoms with van der Waals surface area (Å²) in [4.78, 5) is 13.0. The zero-order valence-corrected chi connectivity index (χ0v) is 12.3. The molecule has 0 bridgehead atoms. The quantitative estimate of drug-likeness (QED) is 0.681. The Morgan fingerprint density at radius 3 is 2.77 bits per heavy atom. The third-order valence-corrected chi connectivity index (χ3v) is 3.97. The lowest BCUT2D eigenvalue weighted by molar-refractivity contribution is -0.0350. The van der Waals surface area contributed by atoms with Gasteiger partial charge in [0.1, 0.15) is 12.0 Å². The van der Waals surface area contributed by atoms with Crippen molar-refractivity contribution in [1.29, 1.82) is 0 Å². The predicted molar refractivity (Wildman–Crippen MR) is 85.3 cm³/mol. The van der Waals surface area contributed by atoms with Crippen LogP contribution in [0.15, 0.2) is 54.6 Å². The number of carbonyl (C=O) groups is 1. The van der Waals surface area contributed by atoms with Crippen LogP contribution < -0.4 is 9.64 Å². The molecule has 3 rings (SSSR count). The van der Waals surface area contributed by atoms with Crippen molar-refractivity contribution in [2.24, 2.45) is 0 Å². The normalized spacial score (nSPS) is 19.0. The van der Waals surface area contributed by atoms with Crippen LogP contribution in [-0.2, 0) is 0 Å². The molecule has 0 saturated carbocycles. The van der Waals surface area contributed by atoms with Crippen LogP contribution in [0.4, 0.5) is 5.69 Å². The molecule has 2 aromatic rings. The van der Waals surface area contributed by atoms with E-state index in [4.69, 9.17) is 4.74 Å². The molecule has 4 nitrogen and oxygen atoms in total. The Bertz CT molecular complexity index is 629. The van der Waals surface area contributed by atoms with E-state index in [0.717, 1.165) is 31.4 Å². The first kappa shape index (κ1) is 14.6. The van der Waals surface area contributed by atoms with Crippen molar-refractivity contribution in [1.82, 2.24) is 0 Å². The molecule has 1 unspecified atom stereocenters. The van der Waals surface area contributed by atoms with Gasteiger partial charge in [0.25, 0.3) is 0 Å². The molecule has 0 aliphatic carbocycles. The number of aliphatic hydroxyl groups is 1. The molecular formula is C18H19NO3. The number of hydrogen-bond donors (Lipinski definition) is 1. The average molecular weight is 297 g/mol. The standard InChI is InChI=1S/C18H19NO3/c20-13-14-6-4-9-16(12-14)22-18(21)17-10-5-11-19(17)15-7-2-1-3-8-15/h1-4,6-9,12-13,17-18,21H,5,10-11H2/t17-,18?/m0/s1. The van der Waals surface area contributed by atoms with Crippen molar-refractivity contribution >= 4 is 12.0 Å². The Morgan fingerprint density at radius 2 is 2.00 bits per heavy atom. The molecule has 1 heterocycles. The first-order valence-electron chi connectivity index (χ1n) is 7.49. The zero-order valence-electron chi connectivity index (χ0n) is 12.3. The second-order valence-electron chi connectivity index (χ2n) is 5.44. The molecule has 1 N–H and O–H groups in total. The highest BCUT2D eigenvalue weighted by Gasteiger charge is 2.32. The van der Waals surface area contributed by atoms with Crippen molar-refractivity contribution in [3.8, 4) is 5.75 Å². The van der Waals surface area contributed by atoms with Crippen molar-refractivity contribution in [3.05, 3.63) is 60.2 Å². The number of rotatable bonds is 5. The number of aldehydes is 1. The number of aliphatic hydroxyl groups excluding tert-OH is 1. The number of benzene rings is 2. The summed E-state index contributed by atoms with van der Waals surface area (Å²) in [6.45, 7) is 0.906. The fraction of sp³-hybridized carbons (Fsp3) is 0.278. The Hall–Kier alpha value is -2.33. The van der Waals surface area contributed by atoms with E-state index < -0.39 is 6.29 Å². The van der Waals surface area contributed by atoms with E-state index in [1.165, 1.54) is 0 Å². The van der Waals surface area contributed by atoms with Crippen molar-refractivity contribution in [3.63, 3.8) is 0 Å². The van der Waals surface area contributed by atoms with Crippen molar-refractivity contribution in [2.75, 3.05) is 11.4 Å². The molecule has 1 aliphatic rings. The summed E-state index contributed by atoms with van der Waals surface area (Å²) >= 11 is 0. The monoisotopic (exact) mass is 297 g/mol. The second-order valence-corrected chi connectivity index (χ2v) is 5.44. The molecule has 0 spiro atoms. The molecule has 22 heavy (non-hydrogen) atoms. The summed E-state index contributed by atoms with van der Waals surface area (Å²) in [5.41, 5.74) is 1.63. The molecular weight excluding hydrogens is 278 g/mol. The molecule has 114 valence electrons. The van der Waals surface area contributed by atoms with Gasteiger partial charge in [-0.2, -0.15) is 0 Å². The molecule has 0 amide bonds. The van der Waals surface area contributed by atoms with Gasteiger partial charge in [-0.25, -0.2) is 0 Å². The number of carbonyl (C=O) groups excluding carboxylic acids is 1. The zero-order chi connectivity index (χ0) is 15.4. The SMILES string of the molecule is O=Cc1cccc(OC(O)[C@@H]2CCCN2c2ccccc2)c1. The summed E-state index contributed by atoms with van der Waals surface area (Å²) in [7, 11) is 0. The Labute approximate surface area is 130 Å². The minimum absolute atomic E-state index is 0.0812. The van der Waals surface area contributed by atoms with Crippen LogP contribution >= 0.6 is 0 Å². The highest BCUT2D eigenvalue weighted by molar-refractivity contribution is 5.75. The van der Waals surface area contributed by atoms with Gasteiger partial charge in [-0.1, -0.05) is 30.3 Å². The van der Waals surface area contributed by atoms with E-state index in [0.29, 0.717) is 11.3 Å². The number of anilines is 1. The summed E-state index contributed by atoms with van der Waals surface area (Å²) < 4.78 is 5.65. The van der Waals surface area contributed by atoms with Crippen LogP contribution in [0, 0.1) is 0 Å². The second kappa shape index (κ2) is 6.62. The third-order valence-electron chi connectivity index (χ3n) is 3.97. The molecule has 1 aliphatic heterocycles. The number of para-hydroxylation sites is 1. The van der Waals surface area contributed by atoms with Gasteiger partial charge in [-0.05, 0) is 37.1 Å². The first-order valence-corrected chi connectivity index (χ1v) is 7.49. The van der Waals surface area contributed by atoms with Gasteiger partial charge in [-0.3, -0.25) is 4.79 Å². The summed E-state index contributed by atoms with van der Waals surface area (Å²) in [5.74, 6) is 0.511. The van der Waals surface area contributed by atoms with Gasteiger partial charge in [-0.15, -0.1) is 0 Å². The van der Waals surface area contributed by atoms with Crippen LogP contribution in [0.2, 0.25) is 0 Å². The fourth-order valence-electron chi connectivity index (χ4n) is 2.91. The molecule has 4 heteroatoms. The van der Waals surface area contributed by atoms with Crippen LogP contribution in [0.3, 0.4) is 0 Å². The minimum Gasteiger partial charge on any atom is -0.463 e. The molecule has 0 radical (unpaired) electrons. The lowest BCUT2D eigenvalue weighted by Crippen LogP contribution is -2.42. The van der Waals surface area contributed by atoms with E-state index in [2.05, 4.69) is 4.90 Å². The van der Waals surface area contributed by atoms with Gasteiger partial charge in [0.15, 0.2) is 0 Å². The largest absolute Gasteiger partial charge is 0.463 e. The smallest absolute Gasteiger partial charge is 0.217 e. The van der Waals surface area contributed by atoms with E-state index in [1.807, 2.05) is 30.3 Å². The third kappa shape index (κ3) is 3.12. The van der Waals surface area contributed by atoms with Gasteiger partial charge in [0.2, 0.25) is 6.29 Å². The van der Waals surface area contributed by atoms with E-state index in [1.54, 1.807) is 24.3 Å². The summed E-state index contributed by atoms with van der Waals surface area (Å²) in [6, 6.07) is 16.8. The Balaban J connectivity index is 1.73. The Morgan fingerprint density at radius 1 is 1.18 bits per heavy atom. The maximum absolute atomic E-state index is 10.8. The van der Waals surface area contributed by atoms with E-state index >= 15 is 0 Å². The summed E-state index contributed by atoms with van der Waals surface area (Å²) in [5, 5.41) is 10.4. The van der Waals surface area contributed by atoms with Crippen LogP contribution in [0.5, 0.6) is 5.75 Å². The van der Waals surface area contributed by atoms with Gasteiger partial charge in [0, 0.05) is 17.8 Å². The minimum atomic E-state index is -0.926. The lowest BCUT2D eigenvalue weighted by Gasteiger charge is -2.30. The maximum Gasteiger partial charge on any atom is 0.217 e. The maximum atomic E-state index is 10.8. The fourth-order valence-corrected chi connectivity index (χ4v) is 2.91. The predicted octanol–water partition coefficient (Wildman–Crippen LogP) is 2.87. The highest BCUT2D eigenvalue weighted by Crippen LogP contribution is 2.28. The molecule has 0 aromatic heterocycles. The van der Waals surface area contributed by atoms with Gasteiger partial charge in [0.05, 0.1) is 6.04 Å². The van der Waals surface area contributed by atoms with E-state index in [-0.39, 0.29) is 6.04 Å². The van der Waals surface area contributed by atoms with Crippen LogP contribution in [0.25, 0.3) is 0 Å². The average Bonchev–Trinajstić information content (AvgIpc) is 3.05. The van der Waals surface area contributed by atoms with Crippen molar-refractivity contribution < 1.29 is 14.6 Å². The van der Waals surface area contributed by atoms with Crippen LogP contribution in [-0.4, -0.2) is 30.3 Å². The Kier molecular flexibility index (Phi) is 4.39. The topological polar surface area (TPSA) is 49.8 Å². The van der Waals surface area contributed by atoms with Crippen LogP contribution in [0.1, 0.15) is 23.2 Å². The molecule has 2 atom stereocenters. The van der Waals surface area contributed by atoms with E-state index in [9.17, 15) is 9.90 Å². The van der Waals surface area contributed by atoms with Gasteiger partial charge >= 0.3 is 0 Å². The first-order chi connectivity index (χ1) is 10.8. The number of hydrogen-bond acceptors (Lipinski definition) is 4. The summed E-state index contributed by atoms with van der Waals surface area (Å²) in [6.07, 6.45) is 1.74. The molecule has 1 saturated heterocycles. The molecule has 2 aromatic carbocycles. The molecule has 1 fully saturated rings. The lowest BCUT2D eigenvalue weighted by atomic mass is 10.2.